The summed E-state index contributed by atoms with van der Waals surface area (Å²) in [4.78, 5) is 0. The summed E-state index contributed by atoms with van der Waals surface area (Å²) in [6, 6.07) is 8.39. The number of nitrogens with one attached hydrogen (secondary N) is 1. The zero-order valence-electron chi connectivity index (χ0n) is 12.8. The van der Waals surface area contributed by atoms with E-state index in [0.717, 1.165) is 11.3 Å². The molecular formula is C17H27NO2. The van der Waals surface area contributed by atoms with E-state index in [1.54, 1.807) is 7.11 Å². The van der Waals surface area contributed by atoms with Crippen LogP contribution in [0.5, 0.6) is 5.75 Å². The van der Waals surface area contributed by atoms with Crippen molar-refractivity contribution in [3.63, 3.8) is 0 Å². The minimum atomic E-state index is -0.471. The van der Waals surface area contributed by atoms with Crippen molar-refractivity contribution in [1.82, 2.24) is 5.32 Å². The van der Waals surface area contributed by atoms with Crippen LogP contribution in [0.2, 0.25) is 0 Å². The standard InChI is InChI=1S/C17H27NO2/c1-12(2)16(18-14-6-4-5-7-14)17(19)13-8-10-15(20-3)11-9-13/h8-12,14,16-19H,4-7H2,1-3H3. The van der Waals surface area contributed by atoms with Gasteiger partial charge in [0.15, 0.2) is 0 Å². The first kappa shape index (κ1) is 15.3. The topological polar surface area (TPSA) is 41.5 Å². The number of ether oxygens (including phenoxy) is 1. The number of benzene rings is 1. The number of aliphatic hydroxyl groups is 1. The van der Waals surface area contributed by atoms with Crippen LogP contribution in [0, 0.1) is 5.92 Å². The van der Waals surface area contributed by atoms with E-state index in [2.05, 4.69) is 19.2 Å². The Hall–Kier alpha value is -1.06. The number of aliphatic hydroxyl groups excluding tert-OH is 1. The molecule has 2 unspecified atom stereocenters. The maximum Gasteiger partial charge on any atom is 0.118 e. The molecule has 2 rings (SSSR count). The summed E-state index contributed by atoms with van der Waals surface area (Å²) in [6.45, 7) is 4.33. The molecule has 3 nitrogen and oxygen atoms in total. The summed E-state index contributed by atoms with van der Waals surface area (Å²) in [5.41, 5.74) is 0.954. The van der Waals surface area contributed by atoms with E-state index in [4.69, 9.17) is 4.74 Å². The fourth-order valence-corrected chi connectivity index (χ4v) is 3.02. The van der Waals surface area contributed by atoms with Gasteiger partial charge in [0.1, 0.15) is 5.75 Å². The lowest BCUT2D eigenvalue weighted by Crippen LogP contribution is -2.44. The van der Waals surface area contributed by atoms with Gasteiger partial charge in [-0.05, 0) is 36.5 Å². The molecule has 0 heterocycles. The van der Waals surface area contributed by atoms with Crippen LogP contribution in [-0.2, 0) is 0 Å². The number of hydrogen-bond donors (Lipinski definition) is 2. The minimum absolute atomic E-state index is 0.103. The average molecular weight is 277 g/mol. The van der Waals surface area contributed by atoms with Crippen LogP contribution in [0.15, 0.2) is 24.3 Å². The van der Waals surface area contributed by atoms with Gasteiger partial charge in [0.05, 0.1) is 13.2 Å². The smallest absolute Gasteiger partial charge is 0.118 e. The molecule has 0 saturated heterocycles. The number of methoxy groups -OCH3 is 1. The summed E-state index contributed by atoms with van der Waals surface area (Å²) in [5, 5.41) is 14.3. The van der Waals surface area contributed by atoms with Crippen LogP contribution in [0.3, 0.4) is 0 Å². The van der Waals surface area contributed by atoms with Crippen molar-refractivity contribution in [3.8, 4) is 5.75 Å². The first-order valence-corrected chi connectivity index (χ1v) is 7.70. The molecule has 2 atom stereocenters. The maximum atomic E-state index is 10.7. The van der Waals surface area contributed by atoms with Gasteiger partial charge in [-0.1, -0.05) is 38.8 Å². The highest BCUT2D eigenvalue weighted by atomic mass is 16.5. The van der Waals surface area contributed by atoms with Crippen molar-refractivity contribution in [2.24, 2.45) is 5.92 Å². The van der Waals surface area contributed by atoms with Crippen LogP contribution in [0.25, 0.3) is 0 Å². The molecule has 1 aliphatic carbocycles. The lowest BCUT2D eigenvalue weighted by Gasteiger charge is -2.31. The Balaban J connectivity index is 2.06. The van der Waals surface area contributed by atoms with Crippen LogP contribution >= 0.6 is 0 Å². The number of hydrogen-bond acceptors (Lipinski definition) is 3. The largest absolute Gasteiger partial charge is 0.497 e. The maximum absolute atomic E-state index is 10.7. The van der Waals surface area contributed by atoms with E-state index in [0.29, 0.717) is 12.0 Å². The molecule has 0 aliphatic heterocycles. The molecule has 112 valence electrons. The van der Waals surface area contributed by atoms with Crippen LogP contribution < -0.4 is 10.1 Å². The predicted molar refractivity (Wildman–Crippen MR) is 82.0 cm³/mol. The van der Waals surface area contributed by atoms with E-state index in [9.17, 15) is 5.11 Å². The zero-order chi connectivity index (χ0) is 14.5. The predicted octanol–water partition coefficient (Wildman–Crippen LogP) is 3.29. The van der Waals surface area contributed by atoms with Gasteiger partial charge in [-0.15, -0.1) is 0 Å². The monoisotopic (exact) mass is 277 g/mol. The third-order valence-electron chi connectivity index (χ3n) is 4.30. The minimum Gasteiger partial charge on any atom is -0.497 e. The molecule has 3 heteroatoms. The number of rotatable bonds is 6. The molecule has 20 heavy (non-hydrogen) atoms. The second-order valence-corrected chi connectivity index (χ2v) is 6.14. The SMILES string of the molecule is COc1ccc(C(O)C(NC2CCCC2)C(C)C)cc1. The molecule has 0 bridgehead atoms. The average Bonchev–Trinajstić information content (AvgIpc) is 2.97. The molecule has 1 aliphatic rings. The van der Waals surface area contributed by atoms with Gasteiger partial charge >= 0.3 is 0 Å². The van der Waals surface area contributed by atoms with Crippen LogP contribution in [0.1, 0.15) is 51.2 Å². The first-order chi connectivity index (χ1) is 9.61. The summed E-state index contributed by atoms with van der Waals surface area (Å²) in [5.74, 6) is 1.22. The van der Waals surface area contributed by atoms with Crippen molar-refractivity contribution >= 4 is 0 Å². The Morgan fingerprint density at radius 1 is 1.15 bits per heavy atom. The van der Waals surface area contributed by atoms with Crippen LogP contribution in [-0.4, -0.2) is 24.3 Å². The molecule has 1 fully saturated rings. The fourth-order valence-electron chi connectivity index (χ4n) is 3.02. The van der Waals surface area contributed by atoms with Crippen molar-refractivity contribution in [2.75, 3.05) is 7.11 Å². The Kier molecular flexibility index (Phi) is 5.44. The Labute approximate surface area is 122 Å². The van der Waals surface area contributed by atoms with Crippen molar-refractivity contribution in [2.45, 2.75) is 57.7 Å². The summed E-state index contributed by atoms with van der Waals surface area (Å²) >= 11 is 0. The molecule has 2 N–H and O–H groups in total. The van der Waals surface area contributed by atoms with Gasteiger partial charge in [-0.2, -0.15) is 0 Å². The molecule has 0 aromatic heterocycles. The molecule has 1 aromatic carbocycles. The molecular weight excluding hydrogens is 250 g/mol. The Morgan fingerprint density at radius 2 is 1.75 bits per heavy atom. The van der Waals surface area contributed by atoms with E-state index in [1.807, 2.05) is 24.3 Å². The lowest BCUT2D eigenvalue weighted by molar-refractivity contribution is 0.0979. The Morgan fingerprint density at radius 3 is 2.25 bits per heavy atom. The van der Waals surface area contributed by atoms with Gasteiger partial charge in [0.2, 0.25) is 0 Å². The van der Waals surface area contributed by atoms with Gasteiger partial charge in [0, 0.05) is 12.1 Å². The molecule has 0 amide bonds. The highest BCUT2D eigenvalue weighted by Gasteiger charge is 2.27. The first-order valence-electron chi connectivity index (χ1n) is 7.70. The van der Waals surface area contributed by atoms with Gasteiger partial charge in [-0.3, -0.25) is 0 Å². The van der Waals surface area contributed by atoms with Crippen molar-refractivity contribution in [1.29, 1.82) is 0 Å². The Bertz CT molecular complexity index is 396. The highest BCUT2D eigenvalue weighted by Crippen LogP contribution is 2.27. The molecule has 1 saturated carbocycles. The van der Waals surface area contributed by atoms with Crippen molar-refractivity contribution in [3.05, 3.63) is 29.8 Å². The zero-order valence-corrected chi connectivity index (χ0v) is 12.8. The summed E-state index contributed by atoms with van der Waals surface area (Å²) < 4.78 is 5.17. The normalized spacial score (nSPS) is 19.2. The van der Waals surface area contributed by atoms with Crippen molar-refractivity contribution < 1.29 is 9.84 Å². The quantitative estimate of drug-likeness (QED) is 0.838. The third kappa shape index (κ3) is 3.74. The third-order valence-corrected chi connectivity index (χ3v) is 4.30. The van der Waals surface area contributed by atoms with Crippen LogP contribution in [0.4, 0.5) is 0 Å². The summed E-state index contributed by atoms with van der Waals surface area (Å²) in [6.07, 6.45) is 4.61. The molecule has 1 aromatic rings. The second kappa shape index (κ2) is 7.09. The van der Waals surface area contributed by atoms with E-state index in [-0.39, 0.29) is 6.04 Å². The molecule has 0 spiro atoms. The lowest BCUT2D eigenvalue weighted by atomic mass is 9.92. The van der Waals surface area contributed by atoms with Gasteiger partial charge in [0.25, 0.3) is 0 Å². The second-order valence-electron chi connectivity index (χ2n) is 6.14. The van der Waals surface area contributed by atoms with E-state index in [1.165, 1.54) is 25.7 Å². The highest BCUT2D eigenvalue weighted by molar-refractivity contribution is 5.29. The van der Waals surface area contributed by atoms with E-state index < -0.39 is 6.10 Å². The van der Waals surface area contributed by atoms with Gasteiger partial charge in [-0.25, -0.2) is 0 Å². The van der Waals surface area contributed by atoms with E-state index >= 15 is 0 Å². The molecule has 0 radical (unpaired) electrons. The summed E-state index contributed by atoms with van der Waals surface area (Å²) in [7, 11) is 1.66. The van der Waals surface area contributed by atoms with Gasteiger partial charge < -0.3 is 15.2 Å². The fraction of sp³-hybridized carbons (Fsp3) is 0.647.